The van der Waals surface area contributed by atoms with Crippen molar-refractivity contribution in [3.8, 4) is 11.5 Å². The normalized spacial score (nSPS) is 15.8. The van der Waals surface area contributed by atoms with Crippen molar-refractivity contribution in [3.05, 3.63) is 59.7 Å². The van der Waals surface area contributed by atoms with Crippen molar-refractivity contribution < 1.29 is 18.8 Å². The predicted octanol–water partition coefficient (Wildman–Crippen LogP) is 5.45. The molecule has 200 valence electrons. The molecule has 0 bridgehead atoms. The molecule has 1 saturated heterocycles. The van der Waals surface area contributed by atoms with Gasteiger partial charge in [0.25, 0.3) is 0 Å². The van der Waals surface area contributed by atoms with Crippen LogP contribution >= 0.6 is 23.8 Å². The number of ether oxygens (including phenoxy) is 2. The highest BCUT2D eigenvalue weighted by Crippen LogP contribution is 2.34. The second-order valence-electron chi connectivity index (χ2n) is 9.58. The number of rotatable bonds is 14. The van der Waals surface area contributed by atoms with E-state index in [1.54, 1.807) is 38.1 Å². The highest BCUT2D eigenvalue weighted by molar-refractivity contribution is 8.00. The molecule has 2 aromatic carbocycles. The maximum Gasteiger partial charge on any atom is 0.217 e. The van der Waals surface area contributed by atoms with Gasteiger partial charge in [0.05, 0.1) is 12.0 Å². The van der Waals surface area contributed by atoms with Crippen molar-refractivity contribution in [1.82, 2.24) is 9.80 Å². The number of hydrogen-bond acceptors (Lipinski definition) is 8. The van der Waals surface area contributed by atoms with Gasteiger partial charge in [0, 0.05) is 76.8 Å². The number of thioether (sulfide) groups is 1. The fourth-order valence-corrected chi connectivity index (χ4v) is 6.17. The molecule has 0 amide bonds. The van der Waals surface area contributed by atoms with Crippen molar-refractivity contribution in [3.63, 3.8) is 0 Å². The molecule has 1 fully saturated rings. The molecule has 36 heavy (non-hydrogen) atoms. The number of nitrogens with zero attached hydrogens (tertiary/aromatic N) is 2. The van der Waals surface area contributed by atoms with Crippen LogP contribution in [0.5, 0.6) is 11.5 Å². The van der Waals surface area contributed by atoms with Crippen LogP contribution < -0.4 is 4.18 Å². The lowest BCUT2D eigenvalue weighted by Gasteiger charge is -2.35. The van der Waals surface area contributed by atoms with Gasteiger partial charge in [0.2, 0.25) is 5.12 Å². The molecule has 2 aromatic rings. The second-order valence-corrected chi connectivity index (χ2v) is 11.7. The Balaban J connectivity index is 1.33. The second kappa shape index (κ2) is 13.9. The molecular formula is C28H42N2O4S2. The Kier molecular flexibility index (Phi) is 11.3. The molecule has 0 unspecified atom stereocenters. The molecule has 0 spiro atoms. The van der Waals surface area contributed by atoms with Crippen LogP contribution in [0.3, 0.4) is 0 Å². The summed E-state index contributed by atoms with van der Waals surface area (Å²) < 4.78 is 17.1. The van der Waals surface area contributed by atoms with E-state index in [1.807, 2.05) is 24.3 Å². The van der Waals surface area contributed by atoms with E-state index in [1.165, 1.54) is 23.2 Å². The minimum atomic E-state index is -0.512. The molecule has 1 aliphatic rings. The Morgan fingerprint density at radius 2 is 1.31 bits per heavy atom. The summed E-state index contributed by atoms with van der Waals surface area (Å²) in [4.78, 5) is 5.05. The fraction of sp³-hybridized carbons (Fsp3) is 0.571. The predicted molar refractivity (Wildman–Crippen MR) is 152 cm³/mol. The van der Waals surface area contributed by atoms with Crippen molar-refractivity contribution in [2.45, 2.75) is 37.7 Å². The van der Waals surface area contributed by atoms with Crippen LogP contribution in [0.15, 0.2) is 48.5 Å². The molecule has 0 atom stereocenters. The summed E-state index contributed by atoms with van der Waals surface area (Å²) in [6.07, 6.45) is 0.833. The van der Waals surface area contributed by atoms with Gasteiger partial charge < -0.3 is 18.8 Å². The van der Waals surface area contributed by atoms with Crippen LogP contribution in [-0.4, -0.2) is 85.0 Å². The van der Waals surface area contributed by atoms with Gasteiger partial charge in [-0.15, -0.1) is 0 Å². The van der Waals surface area contributed by atoms with Crippen molar-refractivity contribution in [1.29, 1.82) is 0 Å². The summed E-state index contributed by atoms with van der Waals surface area (Å²) >= 11 is 3.27. The van der Waals surface area contributed by atoms with Crippen LogP contribution in [0.2, 0.25) is 0 Å². The molecule has 1 heterocycles. The molecule has 1 N–H and O–H groups in total. The number of phenolic OH excluding ortho intramolecular Hbond substituents is 1. The molecule has 6 nitrogen and oxygen atoms in total. The minimum absolute atomic E-state index is 0.146. The zero-order chi connectivity index (χ0) is 26.0. The average Bonchev–Trinajstić information content (AvgIpc) is 2.91. The largest absolute Gasteiger partial charge is 0.508 e. The fourth-order valence-electron chi connectivity index (χ4n) is 4.41. The van der Waals surface area contributed by atoms with Gasteiger partial charge in [-0.3, -0.25) is 9.80 Å². The Bertz CT molecular complexity index is 889. The molecule has 0 aliphatic carbocycles. The van der Waals surface area contributed by atoms with E-state index >= 15 is 0 Å². The van der Waals surface area contributed by atoms with Crippen molar-refractivity contribution in [2.75, 3.05) is 65.0 Å². The van der Waals surface area contributed by atoms with Gasteiger partial charge in [-0.05, 0) is 35.4 Å². The molecule has 0 saturated carbocycles. The van der Waals surface area contributed by atoms with Gasteiger partial charge in [-0.1, -0.05) is 56.8 Å². The zero-order valence-electron chi connectivity index (χ0n) is 22.4. The third-order valence-electron chi connectivity index (χ3n) is 7.06. The Labute approximate surface area is 225 Å². The summed E-state index contributed by atoms with van der Waals surface area (Å²) in [5.41, 5.74) is 2.24. The first-order valence-corrected chi connectivity index (χ1v) is 14.6. The lowest BCUT2D eigenvalue weighted by Crippen LogP contribution is -2.47. The van der Waals surface area contributed by atoms with Crippen LogP contribution in [0.1, 0.15) is 38.3 Å². The van der Waals surface area contributed by atoms with Crippen LogP contribution in [0, 0.1) is 0 Å². The van der Waals surface area contributed by atoms with Crippen LogP contribution in [0.4, 0.5) is 0 Å². The first-order valence-electron chi connectivity index (χ1n) is 12.7. The lowest BCUT2D eigenvalue weighted by molar-refractivity contribution is -0.135. The van der Waals surface area contributed by atoms with Gasteiger partial charge in [0.15, 0.2) is 0 Å². The average molecular weight is 535 g/mol. The number of benzene rings is 2. The summed E-state index contributed by atoms with van der Waals surface area (Å²) in [5.74, 6) is 3.11. The Hall–Kier alpha value is -1.42. The topological polar surface area (TPSA) is 54.4 Å². The van der Waals surface area contributed by atoms with Gasteiger partial charge >= 0.3 is 0 Å². The van der Waals surface area contributed by atoms with E-state index < -0.39 is 5.12 Å². The van der Waals surface area contributed by atoms with E-state index in [2.05, 4.69) is 42.7 Å². The van der Waals surface area contributed by atoms with Crippen LogP contribution in [0.25, 0.3) is 0 Å². The number of phenols is 1. The first kappa shape index (κ1) is 29.1. The highest BCUT2D eigenvalue weighted by Gasteiger charge is 2.28. The van der Waals surface area contributed by atoms with Crippen LogP contribution in [-0.2, 0) is 14.9 Å². The minimum Gasteiger partial charge on any atom is -0.508 e. The van der Waals surface area contributed by atoms with Gasteiger partial charge in [0.1, 0.15) is 11.5 Å². The van der Waals surface area contributed by atoms with E-state index in [0.29, 0.717) is 5.75 Å². The maximum absolute atomic E-state index is 9.57. The summed E-state index contributed by atoms with van der Waals surface area (Å²) in [5, 5.41) is 9.06. The molecule has 0 aromatic heterocycles. The van der Waals surface area contributed by atoms with E-state index in [0.717, 1.165) is 62.9 Å². The van der Waals surface area contributed by atoms with Crippen molar-refractivity contribution in [2.24, 2.45) is 0 Å². The molecular weight excluding hydrogens is 492 g/mol. The summed E-state index contributed by atoms with van der Waals surface area (Å²) in [7, 11) is 3.44. The third-order valence-corrected chi connectivity index (χ3v) is 9.17. The Morgan fingerprint density at radius 3 is 1.81 bits per heavy atom. The standard InChI is InChI=1S/C28H42N2O4S2/c1-6-28(32-4,33-5)35-21-19-29-15-17-30(18-16-29)20-22-36-34-26-13-9-24(10-14-26)27(2,3)23-7-11-25(31)12-8-23/h7-14,31H,6,15-22H2,1-5H3. The van der Waals surface area contributed by atoms with Gasteiger partial charge in [-0.2, -0.15) is 0 Å². The number of methoxy groups -OCH3 is 2. The third kappa shape index (κ3) is 8.04. The van der Waals surface area contributed by atoms with E-state index in [9.17, 15) is 5.11 Å². The monoisotopic (exact) mass is 534 g/mol. The summed E-state index contributed by atoms with van der Waals surface area (Å²) in [6.45, 7) is 13.0. The number of piperazine rings is 1. The molecule has 8 heteroatoms. The number of aromatic hydroxyl groups is 1. The molecule has 0 radical (unpaired) electrons. The maximum atomic E-state index is 9.57. The van der Waals surface area contributed by atoms with Crippen molar-refractivity contribution >= 4 is 23.8 Å². The Morgan fingerprint density at radius 1 is 0.806 bits per heavy atom. The van der Waals surface area contributed by atoms with E-state index in [4.69, 9.17) is 13.7 Å². The van der Waals surface area contributed by atoms with Gasteiger partial charge in [-0.25, -0.2) is 0 Å². The highest BCUT2D eigenvalue weighted by atomic mass is 32.2. The SMILES string of the molecule is CCC(OC)(OC)SCCN1CCN(CCSOc2ccc(C(C)(C)c3ccc(O)cc3)cc2)CC1. The lowest BCUT2D eigenvalue weighted by atomic mass is 9.78. The smallest absolute Gasteiger partial charge is 0.217 e. The molecule has 1 aliphatic heterocycles. The summed E-state index contributed by atoms with van der Waals surface area (Å²) in [6, 6.07) is 15.8. The quantitative estimate of drug-likeness (QED) is 0.195. The zero-order valence-corrected chi connectivity index (χ0v) is 24.0. The number of hydrogen-bond donors (Lipinski definition) is 1. The molecule has 3 rings (SSSR count). The van der Waals surface area contributed by atoms with E-state index in [-0.39, 0.29) is 5.41 Å². The first-order chi connectivity index (χ1) is 17.3.